The van der Waals surface area contributed by atoms with E-state index in [0.717, 1.165) is 31.5 Å². The van der Waals surface area contributed by atoms with Gasteiger partial charge in [0.25, 0.3) is 0 Å². The van der Waals surface area contributed by atoms with Crippen LogP contribution in [0.4, 0.5) is 9.18 Å². The lowest BCUT2D eigenvalue weighted by molar-refractivity contribution is 0.151. The third-order valence-corrected chi connectivity index (χ3v) is 4.18. The highest BCUT2D eigenvalue weighted by Crippen LogP contribution is 2.27. The summed E-state index contributed by atoms with van der Waals surface area (Å²) in [6, 6.07) is 6.52. The predicted molar refractivity (Wildman–Crippen MR) is 72.7 cm³/mol. The molecule has 108 valence electrons. The third kappa shape index (κ3) is 2.77. The molecule has 2 saturated heterocycles. The van der Waals surface area contributed by atoms with Gasteiger partial charge in [-0.2, -0.15) is 0 Å². The Morgan fingerprint density at radius 1 is 1.35 bits per heavy atom. The highest BCUT2D eigenvalue weighted by Gasteiger charge is 2.38. The summed E-state index contributed by atoms with van der Waals surface area (Å²) in [5.74, 6) is 0.199. The predicted octanol–water partition coefficient (Wildman–Crippen LogP) is 2.15. The number of carbonyl (C=O) groups excluding carboxylic acids is 1. The highest BCUT2D eigenvalue weighted by molar-refractivity contribution is 5.70. The van der Waals surface area contributed by atoms with Crippen molar-refractivity contribution < 1.29 is 13.9 Å². The van der Waals surface area contributed by atoms with Gasteiger partial charge in [-0.15, -0.1) is 0 Å². The highest BCUT2D eigenvalue weighted by atomic mass is 19.1. The third-order valence-electron chi connectivity index (χ3n) is 4.18. The van der Waals surface area contributed by atoms with Crippen LogP contribution in [0.1, 0.15) is 18.4 Å². The van der Waals surface area contributed by atoms with Crippen molar-refractivity contribution in [1.29, 1.82) is 0 Å². The fraction of sp³-hybridized carbons (Fsp3) is 0.533. The van der Waals surface area contributed by atoms with Crippen molar-refractivity contribution in [2.75, 3.05) is 19.7 Å². The number of hydrogen-bond donors (Lipinski definition) is 1. The van der Waals surface area contributed by atoms with Gasteiger partial charge in [0.2, 0.25) is 0 Å². The molecule has 2 heterocycles. The second-order valence-electron chi connectivity index (χ2n) is 5.49. The molecule has 0 spiro atoms. The number of benzene rings is 1. The number of amides is 1. The molecule has 0 radical (unpaired) electrons. The van der Waals surface area contributed by atoms with Crippen molar-refractivity contribution >= 4 is 6.09 Å². The summed E-state index contributed by atoms with van der Waals surface area (Å²) in [6.45, 7) is 2.86. The Morgan fingerprint density at radius 3 is 2.90 bits per heavy atom. The van der Waals surface area contributed by atoms with Crippen molar-refractivity contribution in [3.8, 4) is 0 Å². The van der Waals surface area contributed by atoms with Crippen LogP contribution in [0, 0.1) is 11.7 Å². The van der Waals surface area contributed by atoms with E-state index in [9.17, 15) is 9.18 Å². The number of halogens is 1. The Balaban J connectivity index is 1.73. The molecule has 2 aliphatic rings. The van der Waals surface area contributed by atoms with Crippen LogP contribution in [0.5, 0.6) is 0 Å². The first-order valence-electron chi connectivity index (χ1n) is 7.12. The van der Waals surface area contributed by atoms with Gasteiger partial charge in [0, 0.05) is 6.54 Å². The van der Waals surface area contributed by atoms with Gasteiger partial charge in [0.1, 0.15) is 12.4 Å². The van der Waals surface area contributed by atoms with Gasteiger partial charge < -0.3 is 10.1 Å². The zero-order chi connectivity index (χ0) is 13.9. The lowest BCUT2D eigenvalue weighted by atomic mass is 9.90. The van der Waals surface area contributed by atoms with Crippen molar-refractivity contribution in [2.24, 2.45) is 5.92 Å². The number of cyclic esters (lactones) is 1. The minimum atomic E-state index is -0.280. The normalized spacial score (nSPS) is 23.9. The van der Waals surface area contributed by atoms with E-state index in [1.807, 2.05) is 6.07 Å². The van der Waals surface area contributed by atoms with E-state index in [0.29, 0.717) is 19.1 Å². The Kier molecular flexibility index (Phi) is 3.87. The molecule has 0 aliphatic carbocycles. The first-order valence-corrected chi connectivity index (χ1v) is 7.12. The first-order chi connectivity index (χ1) is 9.74. The van der Waals surface area contributed by atoms with Gasteiger partial charge in [-0.05, 0) is 49.5 Å². The zero-order valence-electron chi connectivity index (χ0n) is 11.3. The van der Waals surface area contributed by atoms with E-state index in [1.165, 1.54) is 12.1 Å². The molecule has 1 unspecified atom stereocenters. The maximum atomic E-state index is 13.2. The monoisotopic (exact) mass is 278 g/mol. The lowest BCUT2D eigenvalue weighted by Crippen LogP contribution is -2.43. The van der Waals surface area contributed by atoms with Crippen LogP contribution >= 0.6 is 0 Å². The average molecular weight is 278 g/mol. The topological polar surface area (TPSA) is 41.6 Å². The largest absolute Gasteiger partial charge is 0.447 e. The Bertz CT molecular complexity index is 489. The molecule has 4 nitrogen and oxygen atoms in total. The molecule has 0 bridgehead atoms. The molecular formula is C15H19FN2O2. The molecule has 1 N–H and O–H groups in total. The quantitative estimate of drug-likeness (QED) is 0.921. The van der Waals surface area contributed by atoms with Gasteiger partial charge in [0.15, 0.2) is 0 Å². The second-order valence-corrected chi connectivity index (χ2v) is 5.49. The lowest BCUT2D eigenvalue weighted by Gasteiger charge is -2.32. The van der Waals surface area contributed by atoms with Crippen LogP contribution in [-0.2, 0) is 11.3 Å². The van der Waals surface area contributed by atoms with Gasteiger partial charge >= 0.3 is 6.09 Å². The summed E-state index contributed by atoms with van der Waals surface area (Å²) in [5, 5.41) is 3.33. The molecule has 0 aromatic heterocycles. The molecule has 1 aromatic rings. The number of piperidine rings is 1. The maximum absolute atomic E-state index is 13.2. The minimum Gasteiger partial charge on any atom is -0.447 e. The van der Waals surface area contributed by atoms with Crippen LogP contribution in [0.2, 0.25) is 0 Å². The molecule has 2 aliphatic heterocycles. The Labute approximate surface area is 117 Å². The molecule has 1 aromatic carbocycles. The standard InChI is InChI=1S/C15H19FN2O2/c16-13-3-1-2-11(8-13)9-18-14(10-20-15(18)19)12-4-6-17-7-5-12/h1-3,8,12,14,17H,4-7,9-10H2. The van der Waals surface area contributed by atoms with E-state index in [1.54, 1.807) is 11.0 Å². The van der Waals surface area contributed by atoms with Crippen molar-refractivity contribution in [2.45, 2.75) is 25.4 Å². The van der Waals surface area contributed by atoms with E-state index < -0.39 is 0 Å². The smallest absolute Gasteiger partial charge is 0.410 e. The number of carbonyl (C=O) groups is 1. The van der Waals surface area contributed by atoms with Gasteiger partial charge in [0.05, 0.1) is 6.04 Å². The second kappa shape index (κ2) is 5.79. The summed E-state index contributed by atoms with van der Waals surface area (Å²) >= 11 is 0. The van der Waals surface area contributed by atoms with Crippen LogP contribution in [0.15, 0.2) is 24.3 Å². The van der Waals surface area contributed by atoms with Crippen molar-refractivity contribution in [3.63, 3.8) is 0 Å². The maximum Gasteiger partial charge on any atom is 0.410 e. The van der Waals surface area contributed by atoms with Crippen LogP contribution < -0.4 is 5.32 Å². The minimum absolute atomic E-state index is 0.118. The summed E-state index contributed by atoms with van der Waals surface area (Å²) in [7, 11) is 0. The molecule has 1 amide bonds. The van der Waals surface area contributed by atoms with Gasteiger partial charge in [-0.25, -0.2) is 9.18 Å². The van der Waals surface area contributed by atoms with Gasteiger partial charge in [-0.1, -0.05) is 12.1 Å². The van der Waals surface area contributed by atoms with E-state index in [4.69, 9.17) is 4.74 Å². The number of nitrogens with one attached hydrogen (secondary N) is 1. The molecule has 3 rings (SSSR count). The molecule has 1 atom stereocenters. The van der Waals surface area contributed by atoms with E-state index >= 15 is 0 Å². The molecule has 5 heteroatoms. The van der Waals surface area contributed by atoms with Crippen LogP contribution in [0.3, 0.4) is 0 Å². The Hall–Kier alpha value is -1.62. The Morgan fingerprint density at radius 2 is 2.15 bits per heavy atom. The summed E-state index contributed by atoms with van der Waals surface area (Å²) in [6.07, 6.45) is 1.83. The number of rotatable bonds is 3. The molecule has 0 saturated carbocycles. The van der Waals surface area contributed by atoms with E-state index in [-0.39, 0.29) is 18.0 Å². The van der Waals surface area contributed by atoms with Crippen LogP contribution in [-0.4, -0.2) is 36.7 Å². The summed E-state index contributed by atoms with van der Waals surface area (Å²) < 4.78 is 18.5. The molecular weight excluding hydrogens is 259 g/mol. The SMILES string of the molecule is O=C1OCC(C2CCNCC2)N1Cc1cccc(F)c1. The first kappa shape index (κ1) is 13.4. The fourth-order valence-electron chi connectivity index (χ4n) is 3.10. The summed E-state index contributed by atoms with van der Waals surface area (Å²) in [5.41, 5.74) is 0.808. The van der Waals surface area contributed by atoms with E-state index in [2.05, 4.69) is 5.32 Å². The molecule has 20 heavy (non-hydrogen) atoms. The van der Waals surface area contributed by atoms with Crippen LogP contribution in [0.25, 0.3) is 0 Å². The van der Waals surface area contributed by atoms with Crippen molar-refractivity contribution in [1.82, 2.24) is 10.2 Å². The summed E-state index contributed by atoms with van der Waals surface area (Å²) in [4.78, 5) is 13.7. The van der Waals surface area contributed by atoms with Crippen molar-refractivity contribution in [3.05, 3.63) is 35.6 Å². The van der Waals surface area contributed by atoms with Gasteiger partial charge in [-0.3, -0.25) is 4.90 Å². The fourth-order valence-corrected chi connectivity index (χ4v) is 3.10. The number of hydrogen-bond acceptors (Lipinski definition) is 3. The average Bonchev–Trinajstić information content (AvgIpc) is 2.81. The zero-order valence-corrected chi connectivity index (χ0v) is 11.3. The molecule has 2 fully saturated rings. The number of nitrogens with zero attached hydrogens (tertiary/aromatic N) is 1. The number of ether oxygens (including phenoxy) is 1.